The molecule has 0 aliphatic heterocycles. The van der Waals surface area contributed by atoms with E-state index < -0.39 is 15.9 Å². The van der Waals surface area contributed by atoms with Crippen molar-refractivity contribution in [3.63, 3.8) is 0 Å². The molecule has 3 rings (SSSR count). The number of sulfonamides is 1. The van der Waals surface area contributed by atoms with Crippen LogP contribution < -0.4 is 4.72 Å². The minimum absolute atomic E-state index is 0.00352. The predicted molar refractivity (Wildman–Crippen MR) is 82.5 cm³/mol. The number of nitrogens with zero attached hydrogens (tertiary/aromatic N) is 3. The van der Waals surface area contributed by atoms with Crippen molar-refractivity contribution < 1.29 is 13.2 Å². The van der Waals surface area contributed by atoms with E-state index in [2.05, 4.69) is 10.3 Å². The minimum atomic E-state index is -3.94. The number of benzene rings is 2. The van der Waals surface area contributed by atoms with Crippen molar-refractivity contribution in [2.75, 3.05) is 0 Å². The standard InChI is InChI=1S/C15H12N4O3S/c20-15(17-23(21,22)13-9-5-2-6-10-13)14-11-19(18-16-14)12-7-3-1-4-8-12/h1-11H,(H,17,20). The van der Waals surface area contributed by atoms with Crippen LogP contribution in [0.1, 0.15) is 10.5 Å². The van der Waals surface area contributed by atoms with Crippen LogP contribution in [0, 0.1) is 0 Å². The molecule has 0 fully saturated rings. The highest BCUT2D eigenvalue weighted by molar-refractivity contribution is 7.90. The van der Waals surface area contributed by atoms with E-state index in [-0.39, 0.29) is 10.6 Å². The molecule has 0 radical (unpaired) electrons. The summed E-state index contributed by atoms with van der Waals surface area (Å²) < 4.78 is 27.6. The fourth-order valence-corrected chi connectivity index (χ4v) is 2.89. The summed E-state index contributed by atoms with van der Waals surface area (Å²) in [6.45, 7) is 0. The van der Waals surface area contributed by atoms with Crippen molar-refractivity contribution in [3.05, 3.63) is 72.6 Å². The fraction of sp³-hybridized carbons (Fsp3) is 0. The third-order valence-electron chi connectivity index (χ3n) is 3.03. The van der Waals surface area contributed by atoms with Gasteiger partial charge in [-0.25, -0.2) is 17.8 Å². The predicted octanol–water partition coefficient (Wildman–Crippen LogP) is 1.39. The Kier molecular flexibility index (Phi) is 3.90. The lowest BCUT2D eigenvalue weighted by Crippen LogP contribution is -2.30. The normalized spacial score (nSPS) is 11.1. The second-order valence-electron chi connectivity index (χ2n) is 4.63. The topological polar surface area (TPSA) is 94.0 Å². The van der Waals surface area contributed by atoms with Crippen molar-refractivity contribution in [1.82, 2.24) is 19.7 Å². The molecule has 1 amide bonds. The van der Waals surface area contributed by atoms with E-state index in [4.69, 9.17) is 0 Å². The Balaban J connectivity index is 1.81. The summed E-state index contributed by atoms with van der Waals surface area (Å²) in [6.07, 6.45) is 1.37. The lowest BCUT2D eigenvalue weighted by molar-refractivity contribution is 0.0976. The molecule has 23 heavy (non-hydrogen) atoms. The summed E-state index contributed by atoms with van der Waals surface area (Å²) in [5.41, 5.74) is 0.623. The number of aromatic nitrogens is 3. The molecule has 2 aromatic carbocycles. The monoisotopic (exact) mass is 328 g/mol. The van der Waals surface area contributed by atoms with Gasteiger partial charge in [-0.05, 0) is 24.3 Å². The molecule has 0 aliphatic carbocycles. The summed E-state index contributed by atoms with van der Waals surface area (Å²) in [5.74, 6) is -0.837. The molecule has 0 saturated heterocycles. The number of carbonyl (C=O) groups is 1. The van der Waals surface area contributed by atoms with Gasteiger partial charge in [-0.2, -0.15) is 0 Å². The van der Waals surface area contributed by atoms with Gasteiger partial charge in [0.25, 0.3) is 15.9 Å². The number of hydrogen-bond donors (Lipinski definition) is 1. The smallest absolute Gasteiger partial charge is 0.266 e. The molecular weight excluding hydrogens is 316 g/mol. The van der Waals surface area contributed by atoms with E-state index in [0.29, 0.717) is 5.69 Å². The molecule has 116 valence electrons. The van der Waals surface area contributed by atoms with Crippen LogP contribution in [0.4, 0.5) is 0 Å². The number of para-hydroxylation sites is 1. The van der Waals surface area contributed by atoms with E-state index >= 15 is 0 Å². The van der Waals surface area contributed by atoms with Gasteiger partial charge in [-0.1, -0.05) is 41.6 Å². The number of rotatable bonds is 4. The number of carbonyl (C=O) groups excluding carboxylic acids is 1. The molecule has 0 bridgehead atoms. The number of nitrogens with one attached hydrogen (secondary N) is 1. The fourth-order valence-electron chi connectivity index (χ4n) is 1.91. The molecule has 0 spiro atoms. The van der Waals surface area contributed by atoms with E-state index in [1.165, 1.54) is 23.0 Å². The summed E-state index contributed by atoms with van der Waals surface area (Å²) in [5, 5.41) is 7.53. The zero-order valence-corrected chi connectivity index (χ0v) is 12.6. The van der Waals surface area contributed by atoms with Crippen molar-refractivity contribution in [2.24, 2.45) is 0 Å². The summed E-state index contributed by atoms with van der Waals surface area (Å²) >= 11 is 0. The average molecular weight is 328 g/mol. The Morgan fingerprint density at radius 1 is 0.957 bits per heavy atom. The molecule has 3 aromatic rings. The Morgan fingerprint density at radius 2 is 1.57 bits per heavy atom. The van der Waals surface area contributed by atoms with Gasteiger partial charge < -0.3 is 0 Å². The van der Waals surface area contributed by atoms with Crippen LogP contribution in [-0.2, 0) is 10.0 Å². The van der Waals surface area contributed by atoms with Gasteiger partial charge in [-0.15, -0.1) is 5.10 Å². The van der Waals surface area contributed by atoms with E-state index in [0.717, 1.165) is 0 Å². The van der Waals surface area contributed by atoms with Gasteiger partial charge in [-0.3, -0.25) is 4.79 Å². The third-order valence-corrected chi connectivity index (χ3v) is 4.37. The lowest BCUT2D eigenvalue weighted by atomic mass is 10.3. The highest BCUT2D eigenvalue weighted by Crippen LogP contribution is 2.09. The molecule has 7 nitrogen and oxygen atoms in total. The second kappa shape index (κ2) is 6.01. The Labute approximate surface area is 132 Å². The molecule has 0 unspecified atom stereocenters. The summed E-state index contributed by atoms with van der Waals surface area (Å²) in [4.78, 5) is 12.1. The zero-order valence-electron chi connectivity index (χ0n) is 11.8. The third kappa shape index (κ3) is 3.27. The van der Waals surface area contributed by atoms with E-state index in [1.807, 2.05) is 22.9 Å². The van der Waals surface area contributed by atoms with Gasteiger partial charge in [0, 0.05) is 0 Å². The van der Waals surface area contributed by atoms with Crippen LogP contribution in [0.2, 0.25) is 0 Å². The largest absolute Gasteiger partial charge is 0.287 e. The van der Waals surface area contributed by atoms with Crippen molar-refractivity contribution in [1.29, 1.82) is 0 Å². The van der Waals surface area contributed by atoms with E-state index in [9.17, 15) is 13.2 Å². The zero-order chi connectivity index (χ0) is 16.3. The average Bonchev–Trinajstić information content (AvgIpc) is 3.06. The SMILES string of the molecule is O=C(NS(=O)(=O)c1ccccc1)c1cn(-c2ccccc2)nn1. The molecule has 1 N–H and O–H groups in total. The Hall–Kier alpha value is -3.00. The van der Waals surface area contributed by atoms with Gasteiger partial charge in [0.1, 0.15) is 0 Å². The first-order chi connectivity index (χ1) is 11.1. The lowest BCUT2D eigenvalue weighted by Gasteiger charge is -2.04. The first kappa shape index (κ1) is 14.9. The molecule has 0 saturated carbocycles. The number of hydrogen-bond acceptors (Lipinski definition) is 5. The van der Waals surface area contributed by atoms with Crippen molar-refractivity contribution in [2.45, 2.75) is 4.90 Å². The van der Waals surface area contributed by atoms with Crippen molar-refractivity contribution >= 4 is 15.9 Å². The first-order valence-corrected chi connectivity index (χ1v) is 8.14. The van der Waals surface area contributed by atoms with Gasteiger partial charge in [0.05, 0.1) is 16.8 Å². The molecule has 0 aliphatic rings. The highest BCUT2D eigenvalue weighted by atomic mass is 32.2. The summed E-state index contributed by atoms with van der Waals surface area (Å²) in [7, 11) is -3.94. The molecule has 0 atom stereocenters. The van der Waals surface area contributed by atoms with Gasteiger partial charge in [0.15, 0.2) is 5.69 Å². The van der Waals surface area contributed by atoms with Crippen LogP contribution >= 0.6 is 0 Å². The maximum atomic E-state index is 12.1. The molecule has 1 aromatic heterocycles. The number of amides is 1. The molecule has 8 heteroatoms. The van der Waals surface area contributed by atoms with Crippen LogP contribution in [-0.4, -0.2) is 29.3 Å². The quantitative estimate of drug-likeness (QED) is 0.781. The van der Waals surface area contributed by atoms with Crippen LogP contribution in [0.5, 0.6) is 0 Å². The maximum Gasteiger partial charge on any atom is 0.287 e. The van der Waals surface area contributed by atoms with Crippen LogP contribution in [0.25, 0.3) is 5.69 Å². The molecular formula is C15H12N4O3S. The maximum absolute atomic E-state index is 12.1. The summed E-state index contributed by atoms with van der Waals surface area (Å²) in [6, 6.07) is 16.7. The van der Waals surface area contributed by atoms with Gasteiger partial charge in [0.2, 0.25) is 0 Å². The molecule has 1 heterocycles. The minimum Gasteiger partial charge on any atom is -0.266 e. The second-order valence-corrected chi connectivity index (χ2v) is 6.31. The van der Waals surface area contributed by atoms with Crippen LogP contribution in [0.3, 0.4) is 0 Å². The van der Waals surface area contributed by atoms with Crippen molar-refractivity contribution in [3.8, 4) is 5.69 Å². The Bertz CT molecular complexity index is 922. The first-order valence-electron chi connectivity index (χ1n) is 6.66. The highest BCUT2D eigenvalue weighted by Gasteiger charge is 2.20. The Morgan fingerprint density at radius 3 is 2.22 bits per heavy atom. The van der Waals surface area contributed by atoms with E-state index in [1.54, 1.807) is 30.3 Å². The van der Waals surface area contributed by atoms with Gasteiger partial charge >= 0.3 is 0 Å². The van der Waals surface area contributed by atoms with Crippen LogP contribution in [0.15, 0.2) is 71.8 Å².